The molecule has 23 heteroatoms. The Morgan fingerprint density at radius 2 is 0.727 bits per heavy atom. The van der Waals surface area contributed by atoms with Crippen LogP contribution in [-0.2, 0) is 85.8 Å². The number of hydrogen-bond donors (Lipinski definition) is 0. The highest BCUT2D eigenvalue weighted by Crippen LogP contribution is 2.45. The molecule has 19 nitrogen and oxygen atoms in total. The van der Waals surface area contributed by atoms with Crippen molar-refractivity contribution in [3.8, 4) is 0 Å². The zero-order chi connectivity index (χ0) is 50.4. The molecule has 2 bridgehead atoms. The summed E-state index contributed by atoms with van der Waals surface area (Å²) in [6.07, 6.45) is 2.66. The molecular weight excluding hydrogens is 1140 g/mol. The van der Waals surface area contributed by atoms with Crippen LogP contribution < -0.4 is 0 Å². The minimum Gasteiger partial charge on any atom is -0.464 e. The maximum Gasteiger partial charge on any atom is 0.322 e. The largest absolute Gasteiger partial charge is 0.464 e. The van der Waals surface area contributed by atoms with Gasteiger partial charge in [-0.2, -0.15) is 0 Å². The first kappa shape index (κ1) is 57.3. The van der Waals surface area contributed by atoms with Crippen molar-refractivity contribution in [3.63, 3.8) is 0 Å². The number of fused-ring (bicyclic) bond motifs is 5. The SMILES string of the molecule is CC(C)(Br)C(=O)OCC(C)(COC(=O)C(C)(C)Br)C(=O)OCC(C)(COC(=O)C(C)(COC(=O)C(C)(C)Br)COC(=O)C(C)(C)Br)C(=O)OCCOCCN1C(=O)[C@@H]2[C@H]3C=CC(O3)[C@@H]2C1=O. The van der Waals surface area contributed by atoms with Gasteiger partial charge in [0.2, 0.25) is 11.8 Å². The van der Waals surface area contributed by atoms with Gasteiger partial charge in [0.05, 0.1) is 43.8 Å². The molecule has 2 saturated heterocycles. The summed E-state index contributed by atoms with van der Waals surface area (Å²) in [7, 11) is 0. The van der Waals surface area contributed by atoms with Crippen molar-refractivity contribution in [2.45, 2.75) is 106 Å². The Hall–Kier alpha value is -2.99. The van der Waals surface area contributed by atoms with E-state index < -0.39 is 139 Å². The molecule has 3 rings (SSSR count). The van der Waals surface area contributed by atoms with E-state index in [4.69, 9.17) is 42.6 Å². The van der Waals surface area contributed by atoms with E-state index in [1.165, 1.54) is 76.2 Å². The minimum atomic E-state index is -1.99. The minimum absolute atomic E-state index is 0.0466. The second-order valence-corrected chi connectivity index (χ2v) is 27.0. The summed E-state index contributed by atoms with van der Waals surface area (Å²) in [6.45, 7) is 11.2. The van der Waals surface area contributed by atoms with E-state index in [0.717, 1.165) is 4.90 Å². The van der Waals surface area contributed by atoms with Gasteiger partial charge in [0.25, 0.3) is 0 Å². The number of likely N-dealkylation sites (tertiary alicyclic amines) is 1. The zero-order valence-corrected chi connectivity index (χ0v) is 45.2. The van der Waals surface area contributed by atoms with Gasteiger partial charge in [-0.25, -0.2) is 0 Å². The van der Waals surface area contributed by atoms with Crippen molar-refractivity contribution in [1.82, 2.24) is 4.90 Å². The van der Waals surface area contributed by atoms with Crippen LogP contribution in [0.5, 0.6) is 0 Å². The highest BCUT2D eigenvalue weighted by Gasteiger charge is 2.60. The quantitative estimate of drug-likeness (QED) is 0.0306. The first-order valence-electron chi connectivity index (χ1n) is 20.8. The van der Waals surface area contributed by atoms with E-state index in [0.29, 0.717) is 0 Å². The molecular formula is C43H59Br4NO18. The molecule has 3 aliphatic rings. The van der Waals surface area contributed by atoms with Crippen molar-refractivity contribution in [2.24, 2.45) is 28.1 Å². The number of carbonyl (C=O) groups is 9. The highest BCUT2D eigenvalue weighted by molar-refractivity contribution is 9.10. The molecule has 3 aliphatic heterocycles. The van der Waals surface area contributed by atoms with Crippen LogP contribution in [0, 0.1) is 28.1 Å². The molecule has 0 saturated carbocycles. The summed E-state index contributed by atoms with van der Waals surface area (Å²) in [4.78, 5) is 120. The van der Waals surface area contributed by atoms with E-state index in [9.17, 15) is 43.2 Å². The lowest BCUT2D eigenvalue weighted by Crippen LogP contribution is -2.47. The van der Waals surface area contributed by atoms with Gasteiger partial charge in [-0.1, -0.05) is 75.9 Å². The number of halogens is 4. The molecule has 3 heterocycles. The number of rotatable bonds is 25. The van der Waals surface area contributed by atoms with Crippen LogP contribution in [0.4, 0.5) is 0 Å². The number of amides is 2. The van der Waals surface area contributed by atoms with Crippen LogP contribution in [0.15, 0.2) is 12.2 Å². The average molecular weight is 1200 g/mol. The summed E-state index contributed by atoms with van der Waals surface area (Å²) in [5, 5.41) is 0. The Kier molecular flexibility index (Phi) is 19.3. The van der Waals surface area contributed by atoms with Crippen molar-refractivity contribution in [3.05, 3.63) is 12.2 Å². The molecule has 0 spiro atoms. The standard InChI is InChI=1S/C43H59Br4NO18/c1-37(2,44)30(51)60-18-42(10,19-61-31(52)38(3,4)45)35(56)64-22-41(9,23-65-36(57)43(11,20-62-32(53)39(5,6)46)21-63-33(54)40(7,8)47)34(55)59-17-16-58-15-14-48-28(49)26-24-12-13-25(66-24)27(26)29(48)50/h12-13,24-27H,14-23H2,1-11H3/t24-,25?,26-,27+/m1/s1. The van der Waals surface area contributed by atoms with E-state index in [1.54, 1.807) is 12.2 Å². The Bertz CT molecular complexity index is 1730. The average Bonchev–Trinajstić information content (AvgIpc) is 3.91. The third-order valence-corrected chi connectivity index (χ3v) is 11.8. The van der Waals surface area contributed by atoms with Crippen LogP contribution in [-0.4, -0.2) is 154 Å². The van der Waals surface area contributed by atoms with Gasteiger partial charge < -0.3 is 42.6 Å². The van der Waals surface area contributed by atoms with E-state index >= 15 is 0 Å². The second-order valence-electron chi connectivity index (χ2n) is 19.1. The molecule has 0 aliphatic carbocycles. The number of imide groups is 1. The fourth-order valence-electron chi connectivity index (χ4n) is 6.07. The Balaban J connectivity index is 1.81. The highest BCUT2D eigenvalue weighted by atomic mass is 79.9. The van der Waals surface area contributed by atoms with Crippen molar-refractivity contribution >= 4 is 117 Å². The van der Waals surface area contributed by atoms with Gasteiger partial charge in [0.1, 0.15) is 79.8 Å². The summed E-state index contributed by atoms with van der Waals surface area (Å²) < 4.78 is 45.0. The van der Waals surface area contributed by atoms with Gasteiger partial charge in [0, 0.05) is 0 Å². The first-order valence-corrected chi connectivity index (χ1v) is 24.0. The summed E-state index contributed by atoms with van der Waals surface area (Å²) in [5.74, 6) is -8.09. The summed E-state index contributed by atoms with van der Waals surface area (Å²) >= 11 is 12.8. The molecule has 2 amide bonds. The monoisotopic (exact) mass is 1190 g/mol. The zero-order valence-electron chi connectivity index (χ0n) is 38.8. The number of hydrogen-bond acceptors (Lipinski definition) is 18. The van der Waals surface area contributed by atoms with Crippen LogP contribution in [0.2, 0.25) is 0 Å². The van der Waals surface area contributed by atoms with Gasteiger partial charge in [-0.15, -0.1) is 0 Å². The lowest BCUT2D eigenvalue weighted by Gasteiger charge is -2.33. The van der Waals surface area contributed by atoms with E-state index in [1.807, 2.05) is 0 Å². The molecule has 0 aromatic carbocycles. The smallest absolute Gasteiger partial charge is 0.322 e. The van der Waals surface area contributed by atoms with E-state index in [-0.39, 0.29) is 38.2 Å². The third kappa shape index (κ3) is 15.0. The van der Waals surface area contributed by atoms with Crippen LogP contribution in [0.25, 0.3) is 0 Å². The molecule has 66 heavy (non-hydrogen) atoms. The number of ether oxygens (including phenoxy) is 9. The van der Waals surface area contributed by atoms with Crippen molar-refractivity contribution < 1.29 is 85.8 Å². The van der Waals surface area contributed by atoms with Crippen LogP contribution in [0.3, 0.4) is 0 Å². The van der Waals surface area contributed by atoms with Crippen LogP contribution in [0.1, 0.15) is 76.2 Å². The Morgan fingerprint density at radius 1 is 0.455 bits per heavy atom. The van der Waals surface area contributed by atoms with Gasteiger partial charge in [-0.3, -0.25) is 48.1 Å². The maximum atomic E-state index is 13.9. The molecule has 2 fully saturated rings. The van der Waals surface area contributed by atoms with Gasteiger partial charge >= 0.3 is 41.8 Å². The maximum absolute atomic E-state index is 13.9. The number of alkyl halides is 4. The fourth-order valence-corrected chi connectivity index (χ4v) is 6.53. The Morgan fingerprint density at radius 3 is 1.02 bits per heavy atom. The van der Waals surface area contributed by atoms with E-state index in [2.05, 4.69) is 63.7 Å². The Labute approximate surface area is 417 Å². The fraction of sp³-hybridized carbons (Fsp3) is 0.744. The second kappa shape index (κ2) is 22.2. The molecule has 0 aromatic rings. The number of esters is 7. The van der Waals surface area contributed by atoms with Crippen molar-refractivity contribution in [1.29, 1.82) is 0 Å². The molecule has 372 valence electrons. The predicted octanol–water partition coefficient (Wildman–Crippen LogP) is 4.46. The normalized spacial score (nSPS) is 19.8. The predicted molar refractivity (Wildman–Crippen MR) is 245 cm³/mol. The summed E-state index contributed by atoms with van der Waals surface area (Å²) in [5.41, 5.74) is -5.66. The molecule has 0 radical (unpaired) electrons. The van der Waals surface area contributed by atoms with Crippen LogP contribution >= 0.6 is 63.7 Å². The third-order valence-electron chi connectivity index (χ3n) is 10.5. The summed E-state index contributed by atoms with van der Waals surface area (Å²) in [6, 6.07) is 0. The molecule has 0 N–H and O–H groups in total. The molecule has 0 aromatic heterocycles. The lowest BCUT2D eigenvalue weighted by molar-refractivity contribution is -0.182. The van der Waals surface area contributed by atoms with Gasteiger partial charge in [-0.05, 0) is 76.2 Å². The lowest BCUT2D eigenvalue weighted by atomic mass is 9.85. The van der Waals surface area contributed by atoms with Crippen molar-refractivity contribution in [2.75, 3.05) is 66.0 Å². The topological polar surface area (TPSA) is 240 Å². The number of nitrogens with zero attached hydrogens (tertiary/aromatic N) is 1. The number of carbonyl (C=O) groups excluding carboxylic acids is 9. The first-order chi connectivity index (χ1) is 30.1. The molecule has 1 unspecified atom stereocenters. The molecule has 4 atom stereocenters. The van der Waals surface area contributed by atoms with Gasteiger partial charge in [0.15, 0.2) is 0 Å².